The normalized spacial score (nSPS) is 37.1. The molecule has 4 atom stereocenters. The molecule has 2 unspecified atom stereocenters. The lowest BCUT2D eigenvalue weighted by Crippen LogP contribution is -2.56. The molecule has 3 aliphatic carbocycles. The topological polar surface area (TPSA) is 35.5 Å². The smallest absolute Gasteiger partial charge is 0.311 e. The molecule has 0 aromatic heterocycles. The molecule has 3 nitrogen and oxygen atoms in total. The molecule has 5 radical (unpaired) electrons. The van der Waals surface area contributed by atoms with E-state index >= 15 is 0 Å². The van der Waals surface area contributed by atoms with Crippen molar-refractivity contribution < 1.29 is 14.3 Å². The summed E-state index contributed by atoms with van der Waals surface area (Å²) >= 11 is 0. The molecule has 28 heavy (non-hydrogen) atoms. The van der Waals surface area contributed by atoms with Crippen molar-refractivity contribution in [2.24, 2.45) is 16.7 Å². The largest absolute Gasteiger partial charge is 0.469 e. The first-order chi connectivity index (χ1) is 13.4. The van der Waals surface area contributed by atoms with Gasteiger partial charge >= 0.3 is 5.97 Å². The van der Waals surface area contributed by atoms with Crippen molar-refractivity contribution in [2.45, 2.75) is 51.9 Å². The van der Waals surface area contributed by atoms with Crippen LogP contribution in [0.5, 0.6) is 0 Å². The molecule has 0 bridgehead atoms. The predicted molar refractivity (Wildman–Crippen MR) is 109 cm³/mol. The van der Waals surface area contributed by atoms with Crippen molar-refractivity contribution in [3.05, 3.63) is 66.7 Å². The summed E-state index contributed by atoms with van der Waals surface area (Å²) in [5.41, 5.74) is 0.871. The van der Waals surface area contributed by atoms with E-state index < -0.39 is 5.41 Å². The molecule has 3 heteroatoms. The van der Waals surface area contributed by atoms with E-state index in [-0.39, 0.29) is 17.3 Å². The lowest BCUT2D eigenvalue weighted by molar-refractivity contribution is -0.164. The van der Waals surface area contributed by atoms with Gasteiger partial charge in [-0.2, -0.15) is 0 Å². The van der Waals surface area contributed by atoms with Crippen molar-refractivity contribution >= 4 is 5.97 Å². The maximum Gasteiger partial charge on any atom is 0.311 e. The Hall–Kier alpha value is -1.35. The Morgan fingerprint density at radius 1 is 1.11 bits per heavy atom. The van der Waals surface area contributed by atoms with E-state index in [0.29, 0.717) is 5.92 Å². The fraction of sp³-hybridized carbons (Fsp3) is 0.520. The number of carbonyl (C=O) groups is 1. The highest BCUT2D eigenvalue weighted by molar-refractivity contribution is 5.77. The summed E-state index contributed by atoms with van der Waals surface area (Å²) < 4.78 is 11.0. The molecule has 0 heterocycles. The Labute approximate surface area is 170 Å². The molecule has 4 rings (SSSR count). The molecule has 3 aliphatic rings. The third-order valence-electron chi connectivity index (χ3n) is 7.63. The minimum atomic E-state index is -0.412. The number of ether oxygens (including phenoxy) is 2. The zero-order valence-corrected chi connectivity index (χ0v) is 17.5. The molecule has 1 aromatic carbocycles. The van der Waals surface area contributed by atoms with E-state index in [1.54, 1.807) is 7.11 Å². The van der Waals surface area contributed by atoms with E-state index in [1.165, 1.54) is 24.5 Å². The van der Waals surface area contributed by atoms with Gasteiger partial charge in [-0.3, -0.25) is 4.79 Å². The first-order valence-electron chi connectivity index (χ1n) is 10.4. The monoisotopic (exact) mass is 379 g/mol. The Kier molecular flexibility index (Phi) is 5.33. The number of methoxy groups -OCH3 is 2. The Balaban J connectivity index is 1.71. The third kappa shape index (κ3) is 3.01. The minimum Gasteiger partial charge on any atom is -0.469 e. The maximum absolute atomic E-state index is 12.8. The van der Waals surface area contributed by atoms with Crippen LogP contribution in [-0.2, 0) is 14.3 Å². The molecule has 1 aromatic rings. The zero-order chi connectivity index (χ0) is 19.9. The molecule has 0 aliphatic heterocycles. The number of hydrogen-bond acceptors (Lipinski definition) is 3. The fourth-order valence-electron chi connectivity index (χ4n) is 6.23. The maximum atomic E-state index is 12.8. The highest BCUT2D eigenvalue weighted by Gasteiger charge is 2.61. The summed E-state index contributed by atoms with van der Waals surface area (Å²) in [6, 6.07) is 10.7. The molecular formula is C25H31O3. The van der Waals surface area contributed by atoms with Gasteiger partial charge in [-0.1, -0.05) is 43.7 Å². The summed E-state index contributed by atoms with van der Waals surface area (Å²) in [7, 11) is 3.27. The third-order valence-corrected chi connectivity index (χ3v) is 7.63. The summed E-state index contributed by atoms with van der Waals surface area (Å²) in [5, 5.41) is 0. The molecule has 0 spiro atoms. The first-order valence-corrected chi connectivity index (χ1v) is 10.4. The van der Waals surface area contributed by atoms with Gasteiger partial charge in [-0.25, -0.2) is 0 Å². The van der Waals surface area contributed by atoms with Crippen LogP contribution in [0.2, 0.25) is 0 Å². The lowest BCUT2D eigenvalue weighted by atomic mass is 9.43. The van der Waals surface area contributed by atoms with Crippen LogP contribution in [0.25, 0.3) is 0 Å². The van der Waals surface area contributed by atoms with Crippen molar-refractivity contribution in [2.75, 3.05) is 14.2 Å². The number of fused-ring (bicyclic) bond motifs is 3. The number of rotatable bonds is 3. The van der Waals surface area contributed by atoms with Crippen LogP contribution >= 0.6 is 0 Å². The van der Waals surface area contributed by atoms with Gasteiger partial charge in [0.2, 0.25) is 0 Å². The van der Waals surface area contributed by atoms with E-state index in [9.17, 15) is 4.79 Å². The average molecular weight is 380 g/mol. The zero-order valence-electron chi connectivity index (χ0n) is 17.5. The predicted octanol–water partition coefficient (Wildman–Crippen LogP) is 5.30. The average Bonchev–Trinajstić information content (AvgIpc) is 2.73. The molecule has 149 valence electrons. The van der Waals surface area contributed by atoms with Crippen LogP contribution in [0.1, 0.15) is 57.4 Å². The van der Waals surface area contributed by atoms with Crippen LogP contribution < -0.4 is 0 Å². The Morgan fingerprint density at radius 2 is 1.86 bits per heavy atom. The lowest BCUT2D eigenvalue weighted by Gasteiger charge is -2.61. The standard InChI is InChI=1S/C25H31O3/c1-24-13-8-14-25(2,23(26)28-4)22(24)12-11-19-20(17-9-6-5-7-10-17)15-18(27-3)16-21(19)24/h5-7,9-10,15-16,20,22H,8,11-14H2,1-4H3/t20?,22?,24-,25+/m1/s1. The van der Waals surface area contributed by atoms with Gasteiger partial charge in [0, 0.05) is 20.0 Å². The fourth-order valence-corrected chi connectivity index (χ4v) is 6.23. The highest BCUT2D eigenvalue weighted by atomic mass is 16.5. The van der Waals surface area contributed by atoms with Crippen molar-refractivity contribution in [3.63, 3.8) is 0 Å². The van der Waals surface area contributed by atoms with Gasteiger partial charge in [0.25, 0.3) is 0 Å². The van der Waals surface area contributed by atoms with Crippen LogP contribution in [0.4, 0.5) is 0 Å². The molecule has 0 amide bonds. The molecule has 0 saturated heterocycles. The van der Waals surface area contributed by atoms with Gasteiger partial charge in [-0.05, 0) is 67.3 Å². The summed E-state index contributed by atoms with van der Waals surface area (Å²) in [6.45, 7) is 4.49. The molecular weight excluding hydrogens is 348 g/mol. The second-order valence-electron chi connectivity index (χ2n) is 9.02. The van der Waals surface area contributed by atoms with E-state index in [1.807, 2.05) is 0 Å². The van der Waals surface area contributed by atoms with Gasteiger partial charge in [-0.15, -0.1) is 0 Å². The van der Waals surface area contributed by atoms with Crippen LogP contribution in [-0.4, -0.2) is 20.2 Å². The van der Waals surface area contributed by atoms with E-state index in [4.69, 9.17) is 9.47 Å². The minimum absolute atomic E-state index is 0.0279. The van der Waals surface area contributed by atoms with Gasteiger partial charge < -0.3 is 9.47 Å². The summed E-state index contributed by atoms with van der Waals surface area (Å²) in [6.07, 6.45) is 10.5. The van der Waals surface area contributed by atoms with Crippen LogP contribution in [0.3, 0.4) is 0 Å². The number of esters is 1. The van der Waals surface area contributed by atoms with Gasteiger partial charge in [0.15, 0.2) is 0 Å². The van der Waals surface area contributed by atoms with Gasteiger partial charge in [0.05, 0.1) is 12.5 Å². The molecule has 3 fully saturated rings. The van der Waals surface area contributed by atoms with Crippen molar-refractivity contribution in [3.8, 4) is 0 Å². The van der Waals surface area contributed by atoms with Gasteiger partial charge in [0.1, 0.15) is 6.10 Å². The first kappa shape index (κ1) is 19.9. The second kappa shape index (κ2) is 7.48. The number of benzene rings is 1. The quantitative estimate of drug-likeness (QED) is 0.669. The van der Waals surface area contributed by atoms with E-state index in [2.05, 4.69) is 57.0 Å². The van der Waals surface area contributed by atoms with Crippen LogP contribution in [0.15, 0.2) is 30.3 Å². The summed E-state index contributed by atoms with van der Waals surface area (Å²) in [5.74, 6) is 3.39. The Bertz CT molecular complexity index is 701. The van der Waals surface area contributed by atoms with Crippen molar-refractivity contribution in [1.82, 2.24) is 0 Å². The van der Waals surface area contributed by atoms with Crippen LogP contribution in [0, 0.1) is 47.5 Å². The highest BCUT2D eigenvalue weighted by Crippen LogP contribution is 2.67. The van der Waals surface area contributed by atoms with E-state index in [0.717, 1.165) is 38.2 Å². The molecule has 3 saturated carbocycles. The number of hydrogen-bond donors (Lipinski definition) is 0. The second-order valence-corrected chi connectivity index (χ2v) is 9.02. The van der Waals surface area contributed by atoms with Crippen molar-refractivity contribution in [1.29, 1.82) is 0 Å². The summed E-state index contributed by atoms with van der Waals surface area (Å²) in [4.78, 5) is 12.8. The molecule has 0 N–H and O–H groups in total. The SMILES string of the molecule is CO[C]1[CH][C]2[C](CCC3[C@]2(C)CCC[C@]3(C)C(=O)OC)C(c2ccccc2)[CH]1. The Morgan fingerprint density at radius 3 is 2.54 bits per heavy atom. The number of carbonyl (C=O) groups excluding carboxylic acids is 1.